The van der Waals surface area contributed by atoms with Crippen molar-refractivity contribution in [3.05, 3.63) is 84.7 Å². The number of hydrogen-bond acceptors (Lipinski definition) is 7. The third-order valence-corrected chi connectivity index (χ3v) is 10.9. The first kappa shape index (κ1) is 30.5. The van der Waals surface area contributed by atoms with E-state index in [4.69, 9.17) is 4.74 Å². The fourth-order valence-electron chi connectivity index (χ4n) is 7.72. The number of benzene rings is 2. The number of carbonyl (C=O) groups excluding carboxylic acids is 1. The van der Waals surface area contributed by atoms with Gasteiger partial charge < -0.3 is 19.9 Å². The van der Waals surface area contributed by atoms with E-state index in [9.17, 15) is 10.1 Å². The Morgan fingerprint density at radius 2 is 1.70 bits per heavy atom. The van der Waals surface area contributed by atoms with E-state index in [0.29, 0.717) is 12.5 Å². The van der Waals surface area contributed by atoms with Gasteiger partial charge in [0.05, 0.1) is 11.5 Å². The molecular weight excluding hydrogens is 566 g/mol. The van der Waals surface area contributed by atoms with Crippen LogP contribution in [0.5, 0.6) is 0 Å². The Morgan fingerprint density at radius 1 is 1.00 bits per heavy atom. The number of carbonyl (C=O) groups is 1. The molecule has 1 aliphatic carbocycles. The molecule has 0 radical (unpaired) electrons. The van der Waals surface area contributed by atoms with Gasteiger partial charge in [-0.2, -0.15) is 5.26 Å². The van der Waals surface area contributed by atoms with Gasteiger partial charge in [0.15, 0.2) is 0 Å². The standard InChI is InChI=1S/C36H43N5O2S/c1-2-39-35(42)43-34-10-6-9-33(34)36(26-37,28-7-4-3-5-8-28)29-17-21-40(22-18-29)23-27-24-41(25-27)30-11-13-31(14-12-30)44-32-15-19-38-20-16-32/h3-5,7-8,11-16,19-20,27,29,33-34H,2,6,9-10,17-18,21-25H2,1H3,(H,39,42)/t33?,34-,36?/m0/s1. The topological polar surface area (TPSA) is 81.5 Å². The molecule has 7 nitrogen and oxygen atoms in total. The van der Waals surface area contributed by atoms with E-state index in [1.165, 1.54) is 15.5 Å². The van der Waals surface area contributed by atoms with Crippen LogP contribution in [0.15, 0.2) is 88.9 Å². The number of alkyl carbamates (subject to hydrolysis) is 1. The molecule has 3 aromatic rings. The van der Waals surface area contributed by atoms with Crippen molar-refractivity contribution in [2.24, 2.45) is 17.8 Å². The van der Waals surface area contributed by atoms with Gasteiger partial charge in [-0.15, -0.1) is 0 Å². The molecule has 1 aromatic heterocycles. The highest BCUT2D eigenvalue weighted by atomic mass is 32.2. The summed E-state index contributed by atoms with van der Waals surface area (Å²) >= 11 is 1.76. The average Bonchev–Trinajstić information content (AvgIpc) is 3.50. The summed E-state index contributed by atoms with van der Waals surface area (Å²) in [6.07, 6.45) is 7.75. The normalized spacial score (nSPS) is 22.5. The van der Waals surface area contributed by atoms with Gasteiger partial charge in [-0.3, -0.25) is 4.98 Å². The van der Waals surface area contributed by atoms with Crippen molar-refractivity contribution in [1.29, 1.82) is 5.26 Å². The zero-order valence-electron chi connectivity index (χ0n) is 25.6. The lowest BCUT2D eigenvalue weighted by atomic mass is 9.59. The van der Waals surface area contributed by atoms with Gasteiger partial charge in [0, 0.05) is 65.9 Å². The summed E-state index contributed by atoms with van der Waals surface area (Å²) in [7, 11) is 0. The number of likely N-dealkylation sites (tertiary alicyclic amines) is 1. The zero-order valence-corrected chi connectivity index (χ0v) is 26.4. The lowest BCUT2D eigenvalue weighted by Crippen LogP contribution is -2.54. The van der Waals surface area contributed by atoms with Crippen LogP contribution in [0.1, 0.15) is 44.6 Å². The van der Waals surface area contributed by atoms with E-state index < -0.39 is 5.41 Å². The molecule has 1 N–H and O–H groups in total. The van der Waals surface area contributed by atoms with Gasteiger partial charge in [-0.1, -0.05) is 42.1 Å². The smallest absolute Gasteiger partial charge is 0.407 e. The molecule has 3 aliphatic rings. The number of ether oxygens (including phenoxy) is 1. The maximum Gasteiger partial charge on any atom is 0.407 e. The Morgan fingerprint density at radius 3 is 2.39 bits per heavy atom. The van der Waals surface area contributed by atoms with Gasteiger partial charge in [-0.25, -0.2) is 4.79 Å². The zero-order chi connectivity index (χ0) is 30.4. The Bertz CT molecular complexity index is 1400. The molecular formula is C36H43N5O2S. The van der Waals surface area contributed by atoms with Crippen molar-refractivity contribution < 1.29 is 9.53 Å². The van der Waals surface area contributed by atoms with E-state index in [1.54, 1.807) is 11.8 Å². The van der Waals surface area contributed by atoms with Crippen LogP contribution in [0, 0.1) is 29.1 Å². The highest BCUT2D eigenvalue weighted by Gasteiger charge is 2.53. The van der Waals surface area contributed by atoms with Crippen molar-refractivity contribution in [1.82, 2.24) is 15.2 Å². The van der Waals surface area contributed by atoms with E-state index in [0.717, 1.165) is 70.4 Å². The van der Waals surface area contributed by atoms with E-state index >= 15 is 0 Å². The van der Waals surface area contributed by atoms with Crippen molar-refractivity contribution in [3.8, 4) is 6.07 Å². The molecule has 6 rings (SSSR count). The number of nitrogens with zero attached hydrogens (tertiary/aromatic N) is 4. The maximum absolute atomic E-state index is 12.4. The predicted octanol–water partition coefficient (Wildman–Crippen LogP) is 6.76. The average molecular weight is 610 g/mol. The second-order valence-electron chi connectivity index (χ2n) is 12.5. The highest BCUT2D eigenvalue weighted by Crippen LogP contribution is 2.51. The second kappa shape index (κ2) is 14.0. The van der Waals surface area contributed by atoms with Gasteiger partial charge in [0.25, 0.3) is 0 Å². The maximum atomic E-state index is 12.4. The minimum atomic E-state index is -0.657. The number of pyridine rings is 1. The molecule has 2 unspecified atom stereocenters. The summed E-state index contributed by atoms with van der Waals surface area (Å²) in [5, 5.41) is 13.7. The first-order chi connectivity index (χ1) is 21.6. The molecule has 44 heavy (non-hydrogen) atoms. The number of nitriles is 1. The third kappa shape index (κ3) is 6.60. The Labute approximate surface area is 266 Å². The molecule has 2 aromatic carbocycles. The minimum absolute atomic E-state index is 0.00346. The summed E-state index contributed by atoms with van der Waals surface area (Å²) in [5.74, 6) is 0.900. The second-order valence-corrected chi connectivity index (χ2v) is 13.6. The van der Waals surface area contributed by atoms with E-state index in [1.807, 2.05) is 49.6 Å². The fraction of sp³-hybridized carbons (Fsp3) is 0.472. The van der Waals surface area contributed by atoms with Crippen LogP contribution in [0.2, 0.25) is 0 Å². The van der Waals surface area contributed by atoms with Crippen LogP contribution in [0.3, 0.4) is 0 Å². The SMILES string of the molecule is CCNC(=O)O[C@H]1CCCC1C(C#N)(c1ccccc1)C1CCN(CC2CN(c3ccc(Sc4ccncc4)cc3)C2)CC1. The number of piperidine rings is 1. The first-order valence-corrected chi connectivity index (χ1v) is 17.0. The largest absolute Gasteiger partial charge is 0.446 e. The lowest BCUT2D eigenvalue weighted by Gasteiger charge is -2.48. The molecule has 230 valence electrons. The molecule has 3 atom stereocenters. The van der Waals surface area contributed by atoms with Crippen molar-refractivity contribution in [3.63, 3.8) is 0 Å². The van der Waals surface area contributed by atoms with Gasteiger partial charge in [0.1, 0.15) is 6.10 Å². The summed E-state index contributed by atoms with van der Waals surface area (Å²) in [5.41, 5.74) is 1.72. The molecule has 2 saturated heterocycles. The minimum Gasteiger partial charge on any atom is -0.446 e. The van der Waals surface area contributed by atoms with Gasteiger partial charge in [0.2, 0.25) is 0 Å². The van der Waals surface area contributed by atoms with Gasteiger partial charge in [-0.05, 0) is 100.0 Å². The molecule has 2 aliphatic heterocycles. The number of amides is 1. The van der Waals surface area contributed by atoms with E-state index in [-0.39, 0.29) is 24.0 Å². The summed E-state index contributed by atoms with van der Waals surface area (Å²) in [6, 6.07) is 26.2. The van der Waals surface area contributed by atoms with Crippen molar-refractivity contribution in [2.75, 3.05) is 44.2 Å². The number of rotatable bonds is 10. The van der Waals surface area contributed by atoms with E-state index in [2.05, 4.69) is 62.6 Å². The molecule has 3 fully saturated rings. The number of aromatic nitrogens is 1. The summed E-state index contributed by atoms with van der Waals surface area (Å²) < 4.78 is 5.94. The van der Waals surface area contributed by atoms with Crippen LogP contribution < -0.4 is 10.2 Å². The highest BCUT2D eigenvalue weighted by molar-refractivity contribution is 7.99. The Balaban J connectivity index is 1.05. The first-order valence-electron chi connectivity index (χ1n) is 16.2. The van der Waals surface area contributed by atoms with Crippen LogP contribution in [-0.2, 0) is 10.2 Å². The van der Waals surface area contributed by atoms with Crippen LogP contribution in [-0.4, -0.2) is 61.3 Å². The Hall–Kier alpha value is -3.54. The van der Waals surface area contributed by atoms with Crippen LogP contribution in [0.4, 0.5) is 10.5 Å². The molecule has 0 bridgehead atoms. The predicted molar refractivity (Wildman–Crippen MR) is 175 cm³/mol. The van der Waals surface area contributed by atoms with Crippen molar-refractivity contribution in [2.45, 2.75) is 60.3 Å². The molecule has 3 heterocycles. The summed E-state index contributed by atoms with van der Waals surface area (Å²) in [6.45, 7) is 7.73. The van der Waals surface area contributed by atoms with Crippen LogP contribution >= 0.6 is 11.8 Å². The number of hydrogen-bond donors (Lipinski definition) is 1. The quantitative estimate of drug-likeness (QED) is 0.272. The van der Waals surface area contributed by atoms with Crippen LogP contribution in [0.25, 0.3) is 0 Å². The van der Waals surface area contributed by atoms with Crippen molar-refractivity contribution >= 4 is 23.5 Å². The summed E-state index contributed by atoms with van der Waals surface area (Å²) in [4.78, 5) is 24.0. The molecule has 1 amide bonds. The Kier molecular flexibility index (Phi) is 9.73. The molecule has 8 heteroatoms. The third-order valence-electron chi connectivity index (χ3n) is 9.85. The van der Waals surface area contributed by atoms with Gasteiger partial charge >= 0.3 is 6.09 Å². The molecule has 0 spiro atoms. The fourth-order valence-corrected chi connectivity index (χ4v) is 8.52. The number of anilines is 1. The number of nitrogens with one attached hydrogen (secondary N) is 1. The monoisotopic (exact) mass is 609 g/mol. The molecule has 1 saturated carbocycles. The lowest BCUT2D eigenvalue weighted by molar-refractivity contribution is 0.0301.